The van der Waals surface area contributed by atoms with Gasteiger partial charge in [-0.05, 0) is 29.8 Å². The second kappa shape index (κ2) is 6.00. The molecule has 0 amide bonds. The lowest BCUT2D eigenvalue weighted by molar-refractivity contribution is 0.321. The molecule has 118 valence electrons. The average molecular weight is 364 g/mol. The molecule has 6 heteroatoms. The van der Waals surface area contributed by atoms with Gasteiger partial charge < -0.3 is 4.90 Å². The zero-order valence-electron chi connectivity index (χ0n) is 12.5. The van der Waals surface area contributed by atoms with Crippen molar-refractivity contribution in [3.8, 4) is 0 Å². The van der Waals surface area contributed by atoms with Crippen LogP contribution in [0, 0.1) is 0 Å². The van der Waals surface area contributed by atoms with E-state index in [0.717, 1.165) is 23.0 Å². The number of fused-ring (bicyclic) bond motifs is 1. The number of hydrogen-bond donors (Lipinski definition) is 0. The summed E-state index contributed by atoms with van der Waals surface area (Å²) in [7, 11) is 0. The minimum Gasteiger partial charge on any atom is -0.341 e. The van der Waals surface area contributed by atoms with Gasteiger partial charge in [0.1, 0.15) is 6.04 Å². The summed E-state index contributed by atoms with van der Waals surface area (Å²) in [6, 6.07) is 11.9. The number of aromatic nitrogens is 1. The summed E-state index contributed by atoms with van der Waals surface area (Å²) >= 11 is 14.2. The molecule has 0 saturated carbocycles. The summed E-state index contributed by atoms with van der Waals surface area (Å²) in [4.78, 5) is 11.8. The highest BCUT2D eigenvalue weighted by atomic mass is 35.5. The van der Waals surface area contributed by atoms with E-state index >= 15 is 0 Å². The highest BCUT2D eigenvalue weighted by molar-refractivity contribution is 8.14. The average Bonchev–Trinajstić information content (AvgIpc) is 3.07. The number of halogens is 2. The molecule has 2 aromatic rings. The van der Waals surface area contributed by atoms with Crippen LogP contribution in [0.15, 0.2) is 47.6 Å². The van der Waals surface area contributed by atoms with Gasteiger partial charge in [-0.3, -0.25) is 9.98 Å². The quantitative estimate of drug-likeness (QED) is 0.753. The first kappa shape index (κ1) is 15.3. The fourth-order valence-electron chi connectivity index (χ4n) is 3.17. The number of hydrogen-bond acceptors (Lipinski definition) is 4. The minimum absolute atomic E-state index is 0.0107. The molecule has 2 aliphatic rings. The van der Waals surface area contributed by atoms with Gasteiger partial charge in [0.05, 0.1) is 21.8 Å². The van der Waals surface area contributed by atoms with Gasteiger partial charge >= 0.3 is 0 Å². The Bertz CT molecular complexity index is 766. The van der Waals surface area contributed by atoms with Gasteiger partial charge in [-0.15, -0.1) is 0 Å². The number of benzene rings is 1. The standard InChI is InChI=1S/C17H15Cl2N3S/c1-10-9-22-16(11-5-6-12(18)13(19)8-11)15(21-17(22)23-10)14-4-2-3-7-20-14/h2-8,10,15-16H,9H2,1H3/t10-,15+,16-/m1/s1. The van der Waals surface area contributed by atoms with Crippen LogP contribution < -0.4 is 0 Å². The molecular formula is C17H15Cl2N3S. The summed E-state index contributed by atoms with van der Waals surface area (Å²) in [6.45, 7) is 3.21. The number of thioether (sulfide) groups is 1. The molecule has 1 aromatic heterocycles. The van der Waals surface area contributed by atoms with E-state index < -0.39 is 0 Å². The molecular weight excluding hydrogens is 349 g/mol. The van der Waals surface area contributed by atoms with Gasteiger partial charge in [0.15, 0.2) is 5.17 Å². The van der Waals surface area contributed by atoms with Crippen LogP contribution in [-0.4, -0.2) is 26.8 Å². The van der Waals surface area contributed by atoms with E-state index in [9.17, 15) is 0 Å². The van der Waals surface area contributed by atoms with Crippen LogP contribution in [0.3, 0.4) is 0 Å². The van der Waals surface area contributed by atoms with E-state index in [0.29, 0.717) is 15.3 Å². The maximum atomic E-state index is 6.25. The highest BCUT2D eigenvalue weighted by Gasteiger charge is 2.43. The van der Waals surface area contributed by atoms with Crippen molar-refractivity contribution in [1.29, 1.82) is 0 Å². The van der Waals surface area contributed by atoms with Crippen LogP contribution >= 0.6 is 35.0 Å². The SMILES string of the molecule is C[C@@H]1CN2C(=N[C@@H](c3ccccn3)[C@H]2c2ccc(Cl)c(Cl)c2)S1. The molecule has 0 spiro atoms. The third-order valence-electron chi connectivity index (χ3n) is 4.17. The van der Waals surface area contributed by atoms with Crippen LogP contribution in [0.2, 0.25) is 10.0 Å². The number of pyridine rings is 1. The molecule has 3 heterocycles. The van der Waals surface area contributed by atoms with Crippen molar-refractivity contribution in [2.75, 3.05) is 6.54 Å². The van der Waals surface area contributed by atoms with Crippen LogP contribution in [-0.2, 0) is 0 Å². The Kier molecular flexibility index (Phi) is 4.00. The normalized spacial score (nSPS) is 26.3. The molecule has 0 radical (unpaired) electrons. The van der Waals surface area contributed by atoms with E-state index in [1.807, 2.05) is 54.4 Å². The van der Waals surface area contributed by atoms with Crippen molar-refractivity contribution in [3.63, 3.8) is 0 Å². The fraction of sp³-hybridized carbons (Fsp3) is 0.294. The van der Waals surface area contributed by atoms with Gasteiger partial charge in [-0.25, -0.2) is 0 Å². The summed E-state index contributed by atoms with van der Waals surface area (Å²) in [5.74, 6) is 0. The molecule has 0 N–H and O–H groups in total. The van der Waals surface area contributed by atoms with Crippen LogP contribution in [0.4, 0.5) is 0 Å². The molecule has 2 aliphatic heterocycles. The van der Waals surface area contributed by atoms with Crippen molar-refractivity contribution in [2.24, 2.45) is 4.99 Å². The summed E-state index contributed by atoms with van der Waals surface area (Å²) in [5.41, 5.74) is 2.11. The Labute approximate surface area is 149 Å². The van der Waals surface area contributed by atoms with Crippen LogP contribution in [0.1, 0.15) is 30.3 Å². The lowest BCUT2D eigenvalue weighted by Crippen LogP contribution is -2.28. The number of aliphatic imine (C=N–C) groups is 1. The first-order valence-corrected chi connectivity index (χ1v) is 9.14. The summed E-state index contributed by atoms with van der Waals surface area (Å²) < 4.78 is 0. The lowest BCUT2D eigenvalue weighted by atomic mass is 9.96. The Hall–Kier alpha value is -1.23. The van der Waals surface area contributed by atoms with Gasteiger partial charge in [-0.1, -0.05) is 54.0 Å². The smallest absolute Gasteiger partial charge is 0.160 e. The maximum Gasteiger partial charge on any atom is 0.160 e. The molecule has 3 nitrogen and oxygen atoms in total. The summed E-state index contributed by atoms with van der Waals surface area (Å²) in [5, 5.41) is 2.80. The zero-order chi connectivity index (χ0) is 16.0. The zero-order valence-corrected chi connectivity index (χ0v) is 14.8. The van der Waals surface area contributed by atoms with E-state index in [2.05, 4.69) is 16.8 Å². The first-order valence-electron chi connectivity index (χ1n) is 7.50. The molecule has 0 aliphatic carbocycles. The van der Waals surface area contributed by atoms with E-state index in [-0.39, 0.29) is 12.1 Å². The predicted octanol–water partition coefficient (Wildman–Crippen LogP) is 4.98. The summed E-state index contributed by atoms with van der Waals surface area (Å²) in [6.07, 6.45) is 1.82. The Balaban J connectivity index is 1.79. The number of rotatable bonds is 2. The van der Waals surface area contributed by atoms with Crippen molar-refractivity contribution >= 4 is 40.1 Å². The van der Waals surface area contributed by atoms with Crippen molar-refractivity contribution in [1.82, 2.24) is 9.88 Å². The second-order valence-corrected chi connectivity index (χ2v) is 8.03. The first-order chi connectivity index (χ1) is 11.1. The van der Waals surface area contributed by atoms with E-state index in [1.54, 1.807) is 0 Å². The molecule has 4 rings (SSSR count). The third-order valence-corrected chi connectivity index (χ3v) is 6.01. The number of nitrogens with zero attached hydrogens (tertiary/aromatic N) is 3. The Morgan fingerprint density at radius 3 is 2.78 bits per heavy atom. The molecule has 1 saturated heterocycles. The van der Waals surface area contributed by atoms with Crippen LogP contribution in [0.25, 0.3) is 0 Å². The molecule has 3 atom stereocenters. The highest BCUT2D eigenvalue weighted by Crippen LogP contribution is 2.48. The largest absolute Gasteiger partial charge is 0.341 e. The molecule has 1 aromatic carbocycles. The minimum atomic E-state index is -0.0107. The molecule has 23 heavy (non-hydrogen) atoms. The van der Waals surface area contributed by atoms with Gasteiger partial charge in [0, 0.05) is 18.0 Å². The number of amidine groups is 1. The molecule has 0 bridgehead atoms. The van der Waals surface area contributed by atoms with Gasteiger partial charge in [0.25, 0.3) is 0 Å². The van der Waals surface area contributed by atoms with Crippen molar-refractivity contribution in [2.45, 2.75) is 24.3 Å². The predicted molar refractivity (Wildman–Crippen MR) is 97.4 cm³/mol. The fourth-order valence-corrected chi connectivity index (χ4v) is 4.57. The van der Waals surface area contributed by atoms with Crippen molar-refractivity contribution in [3.05, 3.63) is 63.9 Å². The van der Waals surface area contributed by atoms with E-state index in [1.165, 1.54) is 0 Å². The molecule has 1 fully saturated rings. The second-order valence-electron chi connectivity index (χ2n) is 5.81. The monoisotopic (exact) mass is 363 g/mol. The Morgan fingerprint density at radius 1 is 1.17 bits per heavy atom. The molecule has 0 unspecified atom stereocenters. The van der Waals surface area contributed by atoms with E-state index in [4.69, 9.17) is 28.2 Å². The third kappa shape index (κ3) is 2.73. The van der Waals surface area contributed by atoms with Gasteiger partial charge in [0.2, 0.25) is 0 Å². The Morgan fingerprint density at radius 2 is 2.04 bits per heavy atom. The topological polar surface area (TPSA) is 28.5 Å². The van der Waals surface area contributed by atoms with Crippen molar-refractivity contribution < 1.29 is 0 Å². The van der Waals surface area contributed by atoms with Gasteiger partial charge in [-0.2, -0.15) is 0 Å². The maximum absolute atomic E-state index is 6.25. The van der Waals surface area contributed by atoms with Crippen LogP contribution in [0.5, 0.6) is 0 Å². The lowest BCUT2D eigenvalue weighted by Gasteiger charge is -2.27.